The number of aryl methyl sites for hydroxylation is 2. The van der Waals surface area contributed by atoms with Crippen LogP contribution in [0, 0.1) is 21.7 Å². The van der Waals surface area contributed by atoms with E-state index in [0.717, 1.165) is 10.9 Å². The average Bonchev–Trinajstić information content (AvgIpc) is 3.72. The first-order chi connectivity index (χ1) is 30.6. The number of para-hydroxylation sites is 1. The number of hydrogen-bond donors (Lipinski definition) is 0. The second kappa shape index (κ2) is 20.0. The summed E-state index contributed by atoms with van der Waals surface area (Å²) in [6.07, 6.45) is -5.29. The zero-order chi connectivity index (χ0) is 48.3. The van der Waals surface area contributed by atoms with Crippen molar-refractivity contribution in [1.29, 1.82) is 0 Å². The lowest BCUT2D eigenvalue weighted by atomic mass is 9.93. The van der Waals surface area contributed by atoms with E-state index in [1.54, 1.807) is 26.4 Å². The lowest BCUT2D eigenvalue weighted by Gasteiger charge is -2.45. The third-order valence-electron chi connectivity index (χ3n) is 9.62. The zero-order valence-electron chi connectivity index (χ0n) is 41.3. The lowest BCUT2D eigenvalue weighted by molar-refractivity contribution is -0.293. The zero-order valence-corrected chi connectivity index (χ0v) is 37.3. The number of hydrogen-bond acceptors (Lipinski definition) is 13. The molecule has 0 amide bonds. The van der Waals surface area contributed by atoms with Crippen LogP contribution in [0.25, 0.3) is 10.9 Å². The Bertz CT molecular complexity index is 2050. The van der Waals surface area contributed by atoms with E-state index in [1.165, 1.54) is 55.4 Å². The molecule has 14 nitrogen and oxygen atoms in total. The van der Waals surface area contributed by atoms with Crippen molar-refractivity contribution in [1.82, 2.24) is 4.57 Å². The van der Waals surface area contributed by atoms with Crippen molar-refractivity contribution >= 4 is 34.8 Å². The first-order valence-corrected chi connectivity index (χ1v) is 20.2. The third-order valence-corrected chi connectivity index (χ3v) is 9.62. The molecular formula is C47H67NO13. The van der Waals surface area contributed by atoms with Crippen LogP contribution in [-0.2, 0) is 65.3 Å². The molecule has 2 aromatic carbocycles. The maximum atomic E-state index is 13.9. The second-order valence-corrected chi connectivity index (χ2v) is 18.0. The monoisotopic (exact) mass is 857 g/mol. The van der Waals surface area contributed by atoms with Gasteiger partial charge in [0.1, 0.15) is 24.2 Å². The van der Waals surface area contributed by atoms with E-state index in [0.29, 0.717) is 37.3 Å². The number of aromatic nitrogens is 1. The fourth-order valence-electron chi connectivity index (χ4n) is 5.95. The van der Waals surface area contributed by atoms with E-state index in [-0.39, 0.29) is 32.7 Å². The number of ether oxygens (including phenoxy) is 9. The van der Waals surface area contributed by atoms with Crippen LogP contribution in [0.4, 0.5) is 0 Å². The van der Waals surface area contributed by atoms with Crippen LogP contribution in [0.15, 0.2) is 54.7 Å². The largest absolute Gasteiger partial charge is 0.493 e. The number of carbonyl (C=O) groups is 4. The summed E-state index contributed by atoms with van der Waals surface area (Å²) in [5, 5.41) is 0.795. The smallest absolute Gasteiger partial charge is 0.311 e. The van der Waals surface area contributed by atoms with Crippen LogP contribution < -0.4 is 9.47 Å². The Morgan fingerprint density at radius 2 is 1.28 bits per heavy atom. The molecule has 61 heavy (non-hydrogen) atoms. The summed E-state index contributed by atoms with van der Waals surface area (Å²) in [5.41, 5.74) is -3.69. The number of rotatable bonds is 16. The van der Waals surface area contributed by atoms with Gasteiger partial charge in [0.25, 0.3) is 0 Å². The molecule has 0 saturated carbocycles. The molecule has 4 rings (SSSR count). The highest BCUT2D eigenvalue weighted by molar-refractivity contribution is 5.86. The highest BCUT2D eigenvalue weighted by Crippen LogP contribution is 2.37. The van der Waals surface area contributed by atoms with Gasteiger partial charge in [-0.1, -0.05) is 24.3 Å². The quantitative estimate of drug-likeness (QED) is 0.0781. The molecule has 1 aromatic heterocycles. The number of esters is 4. The maximum absolute atomic E-state index is 13.9. The Morgan fingerprint density at radius 3 is 1.85 bits per heavy atom. The predicted molar refractivity (Wildman–Crippen MR) is 228 cm³/mol. The van der Waals surface area contributed by atoms with Crippen molar-refractivity contribution in [2.45, 2.75) is 139 Å². The molecule has 0 spiro atoms. The molecule has 0 N–H and O–H groups in total. The second-order valence-electron chi connectivity index (χ2n) is 18.0. The summed E-state index contributed by atoms with van der Waals surface area (Å²) in [5.74, 6) is -2.43. The van der Waals surface area contributed by atoms with E-state index in [1.807, 2.05) is 47.2 Å². The van der Waals surface area contributed by atoms with Gasteiger partial charge in [0.15, 0.2) is 18.5 Å². The van der Waals surface area contributed by atoms with Crippen molar-refractivity contribution in [3.05, 3.63) is 60.3 Å². The van der Waals surface area contributed by atoms with Crippen LogP contribution in [0.1, 0.15) is 100 Å². The summed E-state index contributed by atoms with van der Waals surface area (Å²) in [6, 6.07) is 15.0. The molecule has 1 fully saturated rings. The number of methoxy groups -OCH3 is 2. The summed E-state index contributed by atoms with van der Waals surface area (Å²) in [4.78, 5) is 54.9. The normalized spacial score (nSPS) is 20.8. The summed E-state index contributed by atoms with van der Waals surface area (Å²) in [7, 11) is 3.15. The number of benzene rings is 2. The van der Waals surface area contributed by atoms with Gasteiger partial charge in [-0.25, -0.2) is 0 Å². The van der Waals surface area contributed by atoms with Crippen molar-refractivity contribution in [3.8, 4) is 11.5 Å². The van der Waals surface area contributed by atoms with Crippen LogP contribution in [0.5, 0.6) is 11.5 Å². The molecule has 1 saturated heterocycles. The number of fused-ring (bicyclic) bond motifs is 1. The third kappa shape index (κ3) is 13.4. The van der Waals surface area contributed by atoms with Gasteiger partial charge in [-0.05, 0) is 119 Å². The molecule has 3 aromatic rings. The van der Waals surface area contributed by atoms with Gasteiger partial charge in [-0.15, -0.1) is 0 Å². The number of nitrogens with zero attached hydrogens (tertiary/aromatic N) is 1. The molecule has 338 valence electrons. The minimum absolute atomic E-state index is 0.279. The van der Waals surface area contributed by atoms with Gasteiger partial charge in [0.2, 0.25) is 12.4 Å². The van der Waals surface area contributed by atoms with Crippen LogP contribution in [0.3, 0.4) is 0 Å². The van der Waals surface area contributed by atoms with Crippen LogP contribution >= 0.6 is 0 Å². The molecule has 0 radical (unpaired) electrons. The molecule has 2 heterocycles. The predicted octanol–water partition coefficient (Wildman–Crippen LogP) is 7.84. The van der Waals surface area contributed by atoms with Crippen LogP contribution in [0.2, 0.25) is 0 Å². The molecular weight excluding hydrogens is 787 g/mol. The van der Waals surface area contributed by atoms with Gasteiger partial charge in [-0.3, -0.25) is 19.2 Å². The van der Waals surface area contributed by atoms with Gasteiger partial charge in [0.05, 0.1) is 33.8 Å². The van der Waals surface area contributed by atoms with Crippen molar-refractivity contribution in [2.75, 3.05) is 27.4 Å². The Labute approximate surface area is 366 Å². The Balaban J connectivity index is 1.79. The minimum Gasteiger partial charge on any atom is -0.493 e. The first kappa shape index (κ1) is 43.0. The Hall–Kier alpha value is -4.66. The average molecular weight is 858 g/mol. The van der Waals surface area contributed by atoms with Gasteiger partial charge in [0, 0.05) is 44.3 Å². The molecule has 1 aliphatic heterocycles. The first-order valence-electron chi connectivity index (χ1n) is 23.1. The molecule has 14 heteroatoms. The maximum Gasteiger partial charge on any atom is 0.311 e. The van der Waals surface area contributed by atoms with Gasteiger partial charge in [-0.2, -0.15) is 0 Å². The summed E-state index contributed by atoms with van der Waals surface area (Å²) in [6.45, 7) is 10.9. The minimum atomic E-state index is -1.68. The van der Waals surface area contributed by atoms with E-state index < -0.39 is 89.7 Å². The highest BCUT2D eigenvalue weighted by atomic mass is 16.7. The van der Waals surface area contributed by atoms with E-state index in [4.69, 9.17) is 48.1 Å². The number of carbonyl (C=O) groups excluding carboxylic acids is 4. The van der Waals surface area contributed by atoms with Gasteiger partial charge >= 0.3 is 23.9 Å². The topological polar surface area (TPSA) is 156 Å². The molecule has 1 aliphatic rings. The summed E-state index contributed by atoms with van der Waals surface area (Å²) < 4.78 is 87.6. The molecule has 1 unspecified atom stereocenters. The molecule has 5 atom stereocenters. The lowest BCUT2D eigenvalue weighted by Crippen LogP contribution is -2.64. The Morgan fingerprint density at radius 1 is 0.721 bits per heavy atom. The van der Waals surface area contributed by atoms with E-state index >= 15 is 0 Å². The highest BCUT2D eigenvalue weighted by Gasteiger charge is 2.56. The van der Waals surface area contributed by atoms with Crippen molar-refractivity contribution < 1.29 is 67.3 Å². The van der Waals surface area contributed by atoms with Crippen LogP contribution in [-0.4, -0.2) is 92.9 Å². The van der Waals surface area contributed by atoms with Crippen molar-refractivity contribution in [2.24, 2.45) is 21.7 Å². The molecule has 0 bridgehead atoms. The fourth-order valence-corrected chi connectivity index (χ4v) is 5.95. The molecule has 0 aliphatic carbocycles. The van der Waals surface area contributed by atoms with E-state index in [2.05, 4.69) is 0 Å². The van der Waals surface area contributed by atoms with Gasteiger partial charge < -0.3 is 47.2 Å². The Kier molecular flexibility index (Phi) is 14.1. The SMILES string of the molecule is [2H]CC(C)(C)C(=O)OC[C@H]1OC(Oc2cccc3ccn(CCc4ccc(OCCC(OC)OC)cc4)c23)[C@H](OC(=O)C(C)(C)C[2H])[C@@H](OC(=O)C(C)(C)C[2H])[C@@H]1OC(=O)C(C)(C)C[2H]. The summed E-state index contributed by atoms with van der Waals surface area (Å²) >= 11 is 0. The van der Waals surface area contributed by atoms with Crippen molar-refractivity contribution in [3.63, 3.8) is 0 Å². The standard InChI is InChI=1S/C47H67NO13/c1-44(2,3)40(49)56-28-33-36(59-41(50)45(4,5)6)37(60-42(51)46(7,8)9)38(61-43(52)47(10,11)12)39(58-33)57-32-17-15-16-30-23-26-48(35(30)32)25-22-29-18-20-31(21-19-29)55-27-24-34(53-13)54-14/h15-21,23,26,33-34,36-39H,22,24-25,27-28H2,1-14H3/t33-,36-,37+,38-,39?/m1/s1/i1D,4D,7D,10D. The van der Waals surface area contributed by atoms with E-state index in [9.17, 15) is 19.2 Å². The fraction of sp³-hybridized carbons (Fsp3) is 0.617.